The molecule has 0 aliphatic rings. The molecule has 2 N–H and O–H groups in total. The van der Waals surface area contributed by atoms with Gasteiger partial charge in [0.05, 0.1) is 0 Å². The summed E-state index contributed by atoms with van der Waals surface area (Å²) in [6, 6.07) is 10.2. The third kappa shape index (κ3) is 6.18. The predicted octanol–water partition coefficient (Wildman–Crippen LogP) is 3.67. The molecule has 0 aliphatic heterocycles. The molecule has 1 aromatic carbocycles. The lowest BCUT2D eigenvalue weighted by Crippen LogP contribution is -2.38. The summed E-state index contributed by atoms with van der Waals surface area (Å²) in [5.41, 5.74) is 0.955. The van der Waals surface area contributed by atoms with Gasteiger partial charge in [0.2, 0.25) is 0 Å². The van der Waals surface area contributed by atoms with E-state index in [1.807, 2.05) is 30.0 Å². The van der Waals surface area contributed by atoms with Gasteiger partial charge in [0.25, 0.3) is 0 Å². The number of rotatable bonds is 9. The minimum atomic E-state index is 0.816. The molecule has 1 heterocycles. The van der Waals surface area contributed by atoms with Crippen molar-refractivity contribution in [2.45, 2.75) is 26.2 Å². The molecule has 5 heteroatoms. The summed E-state index contributed by atoms with van der Waals surface area (Å²) in [4.78, 5) is 4.61. The Morgan fingerprint density at radius 1 is 1.22 bits per heavy atom. The molecule has 0 amide bonds. The van der Waals surface area contributed by atoms with Gasteiger partial charge in [-0.05, 0) is 43.9 Å². The summed E-state index contributed by atoms with van der Waals surface area (Å²) in [5, 5.41) is 7.83. The third-order valence-corrected chi connectivity index (χ3v) is 4.21. The molecule has 0 bridgehead atoms. The van der Waals surface area contributed by atoms with Crippen LogP contribution in [0, 0.1) is 0 Å². The Labute approximate surface area is 143 Å². The van der Waals surface area contributed by atoms with Crippen molar-refractivity contribution in [3.05, 3.63) is 36.1 Å². The number of para-hydroxylation sites is 1. The normalized spacial score (nSPS) is 11.8. The van der Waals surface area contributed by atoms with Gasteiger partial charge in [-0.2, -0.15) is 11.8 Å². The lowest BCUT2D eigenvalue weighted by atomic mass is 10.2. The maximum absolute atomic E-state index is 5.83. The van der Waals surface area contributed by atoms with Gasteiger partial charge in [-0.25, -0.2) is 0 Å². The number of aliphatic imine (C=N–C) groups is 1. The van der Waals surface area contributed by atoms with Crippen LogP contribution in [0.15, 0.2) is 39.7 Å². The second kappa shape index (κ2) is 10.2. The highest BCUT2D eigenvalue weighted by atomic mass is 32.2. The maximum atomic E-state index is 5.83. The Hall–Kier alpha value is -1.62. The van der Waals surface area contributed by atoms with Crippen LogP contribution in [0.25, 0.3) is 11.0 Å². The van der Waals surface area contributed by atoms with Gasteiger partial charge >= 0.3 is 0 Å². The van der Waals surface area contributed by atoms with Crippen LogP contribution in [-0.2, 0) is 6.42 Å². The average Bonchev–Trinajstić information content (AvgIpc) is 2.97. The topological polar surface area (TPSA) is 49.6 Å². The second-order valence-corrected chi connectivity index (χ2v) is 6.37. The van der Waals surface area contributed by atoms with E-state index in [-0.39, 0.29) is 0 Å². The van der Waals surface area contributed by atoms with E-state index < -0.39 is 0 Å². The summed E-state index contributed by atoms with van der Waals surface area (Å²) in [6.07, 6.45) is 5.36. The number of nitrogens with zero attached hydrogens (tertiary/aromatic N) is 1. The Morgan fingerprint density at radius 3 is 2.87 bits per heavy atom. The van der Waals surface area contributed by atoms with Gasteiger partial charge in [-0.3, -0.25) is 4.99 Å². The molecule has 1 aromatic heterocycles. The van der Waals surface area contributed by atoms with Crippen LogP contribution in [0.4, 0.5) is 0 Å². The van der Waals surface area contributed by atoms with E-state index in [0.717, 1.165) is 55.2 Å². The highest BCUT2D eigenvalue weighted by Gasteiger charge is 2.03. The van der Waals surface area contributed by atoms with Crippen LogP contribution in [0.5, 0.6) is 0 Å². The molecule has 0 radical (unpaired) electrons. The predicted molar refractivity (Wildman–Crippen MR) is 102 cm³/mol. The quantitative estimate of drug-likeness (QED) is 0.418. The van der Waals surface area contributed by atoms with Crippen molar-refractivity contribution >= 4 is 28.7 Å². The molecule has 23 heavy (non-hydrogen) atoms. The van der Waals surface area contributed by atoms with Gasteiger partial charge in [-0.15, -0.1) is 0 Å². The number of furan rings is 1. The van der Waals surface area contributed by atoms with Gasteiger partial charge in [0.1, 0.15) is 11.3 Å². The molecular weight excluding hydrogens is 306 g/mol. The van der Waals surface area contributed by atoms with Crippen LogP contribution in [-0.4, -0.2) is 37.6 Å². The summed E-state index contributed by atoms with van der Waals surface area (Å²) in [6.45, 7) is 4.66. The van der Waals surface area contributed by atoms with Gasteiger partial charge < -0.3 is 15.1 Å². The van der Waals surface area contributed by atoms with Crippen molar-refractivity contribution in [1.82, 2.24) is 10.6 Å². The SMILES string of the molecule is CCNC(=NCCCCSC)NCCc1cc2ccccc2o1. The molecule has 0 unspecified atom stereocenters. The molecule has 4 nitrogen and oxygen atoms in total. The van der Waals surface area contributed by atoms with E-state index in [2.05, 4.69) is 40.9 Å². The zero-order valence-corrected chi connectivity index (χ0v) is 14.9. The standard InChI is InChI=1S/C18H27N3OS/c1-3-19-18(20-11-6-7-13-23-2)21-12-10-16-14-15-8-4-5-9-17(15)22-16/h4-5,8-9,14H,3,6-7,10-13H2,1-2H3,(H2,19,20,21). The smallest absolute Gasteiger partial charge is 0.191 e. The molecule has 0 aliphatic carbocycles. The highest BCUT2D eigenvalue weighted by molar-refractivity contribution is 7.98. The summed E-state index contributed by atoms with van der Waals surface area (Å²) in [5.74, 6) is 3.12. The Morgan fingerprint density at radius 2 is 2.09 bits per heavy atom. The molecule has 0 fully saturated rings. The Balaban J connectivity index is 1.77. The zero-order valence-electron chi connectivity index (χ0n) is 14.1. The van der Waals surface area contributed by atoms with Crippen LogP contribution < -0.4 is 10.6 Å². The fourth-order valence-corrected chi connectivity index (χ4v) is 2.85. The first kappa shape index (κ1) is 17.7. The lowest BCUT2D eigenvalue weighted by Gasteiger charge is -2.10. The van der Waals surface area contributed by atoms with E-state index in [4.69, 9.17) is 4.42 Å². The van der Waals surface area contributed by atoms with E-state index >= 15 is 0 Å². The molecule has 126 valence electrons. The number of hydrogen-bond acceptors (Lipinski definition) is 3. The minimum Gasteiger partial charge on any atom is -0.461 e. The molecule has 2 rings (SSSR count). The van der Waals surface area contributed by atoms with Gasteiger partial charge in [0, 0.05) is 31.4 Å². The molecular formula is C18H27N3OS. The van der Waals surface area contributed by atoms with Crippen molar-refractivity contribution in [2.75, 3.05) is 31.6 Å². The molecule has 0 atom stereocenters. The van der Waals surface area contributed by atoms with Crippen LogP contribution >= 0.6 is 11.8 Å². The second-order valence-electron chi connectivity index (χ2n) is 5.39. The fourth-order valence-electron chi connectivity index (χ4n) is 2.35. The van der Waals surface area contributed by atoms with Gasteiger partial charge in [-0.1, -0.05) is 18.2 Å². The number of fused-ring (bicyclic) bond motifs is 1. The van der Waals surface area contributed by atoms with Crippen molar-refractivity contribution in [3.8, 4) is 0 Å². The number of hydrogen-bond donors (Lipinski definition) is 2. The van der Waals surface area contributed by atoms with E-state index in [1.165, 1.54) is 12.2 Å². The number of nitrogens with one attached hydrogen (secondary N) is 2. The van der Waals surface area contributed by atoms with Crippen LogP contribution in [0.1, 0.15) is 25.5 Å². The van der Waals surface area contributed by atoms with Crippen LogP contribution in [0.2, 0.25) is 0 Å². The number of benzene rings is 1. The Bertz CT molecular complexity index is 576. The zero-order chi connectivity index (χ0) is 16.3. The number of unbranched alkanes of at least 4 members (excludes halogenated alkanes) is 1. The summed E-state index contributed by atoms with van der Waals surface area (Å²) >= 11 is 1.89. The lowest BCUT2D eigenvalue weighted by molar-refractivity contribution is 0.544. The number of thioether (sulfide) groups is 1. The van der Waals surface area contributed by atoms with Crippen molar-refractivity contribution in [3.63, 3.8) is 0 Å². The van der Waals surface area contributed by atoms with Crippen molar-refractivity contribution < 1.29 is 4.42 Å². The first-order chi connectivity index (χ1) is 11.3. The largest absolute Gasteiger partial charge is 0.461 e. The monoisotopic (exact) mass is 333 g/mol. The first-order valence-corrected chi connectivity index (χ1v) is 9.71. The molecule has 0 spiro atoms. The molecule has 0 saturated carbocycles. The summed E-state index contributed by atoms with van der Waals surface area (Å²) in [7, 11) is 0. The molecule has 2 aromatic rings. The molecule has 0 saturated heterocycles. The third-order valence-electron chi connectivity index (χ3n) is 3.51. The Kier molecular flexibility index (Phi) is 7.87. The average molecular weight is 334 g/mol. The van der Waals surface area contributed by atoms with E-state index in [9.17, 15) is 0 Å². The van der Waals surface area contributed by atoms with Crippen molar-refractivity contribution in [1.29, 1.82) is 0 Å². The first-order valence-electron chi connectivity index (χ1n) is 8.32. The van der Waals surface area contributed by atoms with Crippen LogP contribution in [0.3, 0.4) is 0 Å². The minimum absolute atomic E-state index is 0.816. The van der Waals surface area contributed by atoms with Crippen molar-refractivity contribution in [2.24, 2.45) is 4.99 Å². The van der Waals surface area contributed by atoms with E-state index in [0.29, 0.717) is 0 Å². The highest BCUT2D eigenvalue weighted by Crippen LogP contribution is 2.18. The number of guanidine groups is 1. The van der Waals surface area contributed by atoms with E-state index in [1.54, 1.807) is 0 Å². The summed E-state index contributed by atoms with van der Waals surface area (Å²) < 4.78 is 5.83. The van der Waals surface area contributed by atoms with Gasteiger partial charge in [0.15, 0.2) is 5.96 Å². The maximum Gasteiger partial charge on any atom is 0.191 e. The fraction of sp³-hybridized carbons (Fsp3) is 0.500.